The Bertz CT molecular complexity index is 1440. The highest BCUT2D eigenvalue weighted by Gasteiger charge is 2.11. The molecule has 0 saturated carbocycles. The van der Waals surface area contributed by atoms with Gasteiger partial charge >= 0.3 is 0 Å². The van der Waals surface area contributed by atoms with Crippen molar-refractivity contribution in [2.24, 2.45) is 0 Å². The SMILES string of the molecule is Cc1cccc(-n2c(/C=C/c3c[nH]c4ccccc34)nc3ccccc3c2=O)c1. The molecule has 0 spiro atoms. The van der Waals surface area contributed by atoms with Gasteiger partial charge in [0.2, 0.25) is 0 Å². The van der Waals surface area contributed by atoms with Gasteiger partial charge in [-0.2, -0.15) is 0 Å². The minimum Gasteiger partial charge on any atom is -0.361 e. The molecule has 0 atom stereocenters. The van der Waals surface area contributed by atoms with Crippen molar-refractivity contribution in [3.8, 4) is 5.69 Å². The van der Waals surface area contributed by atoms with E-state index >= 15 is 0 Å². The minimum absolute atomic E-state index is 0.0697. The fraction of sp³-hybridized carbons (Fsp3) is 0.0400. The number of fused-ring (bicyclic) bond motifs is 2. The first-order valence-corrected chi connectivity index (χ1v) is 9.54. The molecule has 0 aliphatic heterocycles. The zero-order chi connectivity index (χ0) is 19.8. The fourth-order valence-electron chi connectivity index (χ4n) is 3.67. The van der Waals surface area contributed by atoms with E-state index in [1.807, 2.05) is 92.0 Å². The zero-order valence-electron chi connectivity index (χ0n) is 16.0. The van der Waals surface area contributed by atoms with E-state index in [2.05, 4.69) is 11.1 Å². The minimum atomic E-state index is -0.0697. The Hall–Kier alpha value is -3.92. The van der Waals surface area contributed by atoms with Gasteiger partial charge in [0.25, 0.3) is 5.56 Å². The number of nitrogens with one attached hydrogen (secondary N) is 1. The molecule has 0 fully saturated rings. The first-order chi connectivity index (χ1) is 14.2. The van der Waals surface area contributed by atoms with E-state index in [0.29, 0.717) is 16.7 Å². The molecule has 2 aromatic heterocycles. The summed E-state index contributed by atoms with van der Waals surface area (Å²) >= 11 is 0. The van der Waals surface area contributed by atoms with Gasteiger partial charge in [-0.05, 0) is 60.5 Å². The number of aromatic nitrogens is 3. The van der Waals surface area contributed by atoms with Crippen molar-refractivity contribution in [3.63, 3.8) is 0 Å². The Morgan fingerprint density at radius 3 is 2.55 bits per heavy atom. The first-order valence-electron chi connectivity index (χ1n) is 9.54. The molecule has 0 saturated heterocycles. The predicted octanol–water partition coefficient (Wildman–Crippen LogP) is 5.35. The van der Waals surface area contributed by atoms with Crippen LogP contribution in [-0.2, 0) is 0 Å². The van der Waals surface area contributed by atoms with Gasteiger partial charge in [-0.3, -0.25) is 9.36 Å². The maximum Gasteiger partial charge on any atom is 0.266 e. The normalized spacial score (nSPS) is 11.6. The van der Waals surface area contributed by atoms with E-state index in [-0.39, 0.29) is 5.56 Å². The maximum atomic E-state index is 13.3. The second-order valence-electron chi connectivity index (χ2n) is 7.09. The summed E-state index contributed by atoms with van der Waals surface area (Å²) in [6.45, 7) is 2.02. The van der Waals surface area contributed by atoms with Crippen LogP contribution in [0.15, 0.2) is 83.8 Å². The van der Waals surface area contributed by atoms with Crippen LogP contribution in [0.4, 0.5) is 0 Å². The summed E-state index contributed by atoms with van der Waals surface area (Å²) in [5.74, 6) is 0.601. The summed E-state index contributed by atoms with van der Waals surface area (Å²) in [7, 11) is 0. The Balaban J connectivity index is 1.74. The lowest BCUT2D eigenvalue weighted by molar-refractivity contribution is 0.942. The van der Waals surface area contributed by atoms with Gasteiger partial charge in [0, 0.05) is 17.1 Å². The Labute approximate surface area is 167 Å². The van der Waals surface area contributed by atoms with Crippen molar-refractivity contribution >= 4 is 34.0 Å². The molecule has 140 valence electrons. The van der Waals surface area contributed by atoms with E-state index in [9.17, 15) is 4.79 Å². The molecule has 0 unspecified atom stereocenters. The van der Waals surface area contributed by atoms with Crippen LogP contribution in [-0.4, -0.2) is 14.5 Å². The van der Waals surface area contributed by atoms with Crippen LogP contribution < -0.4 is 5.56 Å². The standard InChI is InChI=1S/C25H19N3O/c1-17-7-6-8-19(15-17)28-24(27-23-12-5-3-10-21(23)25(28)29)14-13-18-16-26-22-11-4-2-9-20(18)22/h2-16,26H,1H3/b14-13+. The van der Waals surface area contributed by atoms with E-state index in [1.54, 1.807) is 4.57 Å². The van der Waals surface area contributed by atoms with Gasteiger partial charge in [-0.1, -0.05) is 42.5 Å². The van der Waals surface area contributed by atoms with Crippen molar-refractivity contribution in [3.05, 3.63) is 106 Å². The average molecular weight is 377 g/mol. The van der Waals surface area contributed by atoms with Crippen molar-refractivity contribution in [1.82, 2.24) is 14.5 Å². The number of rotatable bonds is 3. The van der Waals surface area contributed by atoms with E-state index in [4.69, 9.17) is 4.98 Å². The van der Waals surface area contributed by atoms with Crippen LogP contribution in [0.3, 0.4) is 0 Å². The van der Waals surface area contributed by atoms with Crippen LogP contribution in [0, 0.1) is 6.92 Å². The van der Waals surface area contributed by atoms with E-state index < -0.39 is 0 Å². The molecule has 1 N–H and O–H groups in total. The molecular formula is C25H19N3O. The predicted molar refractivity (Wildman–Crippen MR) is 119 cm³/mol. The molecule has 4 nitrogen and oxygen atoms in total. The van der Waals surface area contributed by atoms with Gasteiger partial charge in [-0.25, -0.2) is 4.98 Å². The lowest BCUT2D eigenvalue weighted by atomic mass is 10.1. The van der Waals surface area contributed by atoms with Gasteiger partial charge in [0.05, 0.1) is 16.6 Å². The van der Waals surface area contributed by atoms with Gasteiger partial charge in [-0.15, -0.1) is 0 Å². The van der Waals surface area contributed by atoms with Crippen molar-refractivity contribution in [2.75, 3.05) is 0 Å². The lowest BCUT2D eigenvalue weighted by Gasteiger charge is -2.12. The van der Waals surface area contributed by atoms with E-state index in [1.165, 1.54) is 0 Å². The van der Waals surface area contributed by atoms with Gasteiger partial charge < -0.3 is 4.98 Å². The summed E-state index contributed by atoms with van der Waals surface area (Å²) in [6, 6.07) is 23.5. The number of hydrogen-bond donors (Lipinski definition) is 1. The van der Waals surface area contributed by atoms with Crippen LogP contribution in [0.25, 0.3) is 39.6 Å². The molecule has 0 amide bonds. The molecule has 4 heteroatoms. The Morgan fingerprint density at radius 2 is 1.69 bits per heavy atom. The molecule has 5 rings (SSSR count). The first kappa shape index (κ1) is 17.2. The summed E-state index contributed by atoms with van der Waals surface area (Å²) in [5.41, 5.74) is 4.66. The second kappa shape index (κ2) is 6.91. The van der Waals surface area contributed by atoms with Crippen LogP contribution in [0.2, 0.25) is 0 Å². The Morgan fingerprint density at radius 1 is 0.897 bits per heavy atom. The summed E-state index contributed by atoms with van der Waals surface area (Å²) in [6.07, 6.45) is 5.88. The number of nitrogens with zero attached hydrogens (tertiary/aromatic N) is 2. The van der Waals surface area contributed by atoms with Crippen molar-refractivity contribution < 1.29 is 0 Å². The van der Waals surface area contributed by atoms with Crippen LogP contribution >= 0.6 is 0 Å². The number of aromatic amines is 1. The van der Waals surface area contributed by atoms with Gasteiger partial charge in [0.1, 0.15) is 5.82 Å². The van der Waals surface area contributed by atoms with Gasteiger partial charge in [0.15, 0.2) is 0 Å². The topological polar surface area (TPSA) is 50.7 Å². The molecule has 5 aromatic rings. The third kappa shape index (κ3) is 3.05. The monoisotopic (exact) mass is 377 g/mol. The molecule has 2 heterocycles. The summed E-state index contributed by atoms with van der Waals surface area (Å²) in [4.78, 5) is 21.4. The largest absolute Gasteiger partial charge is 0.361 e. The highest BCUT2D eigenvalue weighted by molar-refractivity contribution is 5.91. The molecule has 0 radical (unpaired) electrons. The number of hydrogen-bond acceptors (Lipinski definition) is 2. The fourth-order valence-corrected chi connectivity index (χ4v) is 3.67. The van der Waals surface area contributed by atoms with E-state index in [0.717, 1.165) is 27.7 Å². The number of H-pyrrole nitrogens is 1. The third-order valence-electron chi connectivity index (χ3n) is 5.09. The zero-order valence-corrected chi connectivity index (χ0v) is 16.0. The quantitative estimate of drug-likeness (QED) is 0.461. The molecule has 0 aliphatic carbocycles. The molecule has 3 aromatic carbocycles. The van der Waals surface area contributed by atoms with Crippen molar-refractivity contribution in [1.29, 1.82) is 0 Å². The maximum absolute atomic E-state index is 13.3. The molecule has 0 aliphatic rings. The average Bonchev–Trinajstić information content (AvgIpc) is 3.15. The highest BCUT2D eigenvalue weighted by Crippen LogP contribution is 2.21. The molecule has 29 heavy (non-hydrogen) atoms. The van der Waals surface area contributed by atoms with Crippen LogP contribution in [0.1, 0.15) is 17.0 Å². The number of aryl methyl sites for hydroxylation is 1. The number of para-hydroxylation sites is 2. The molecule has 0 bridgehead atoms. The van der Waals surface area contributed by atoms with Crippen molar-refractivity contribution in [2.45, 2.75) is 6.92 Å². The number of benzene rings is 3. The lowest BCUT2D eigenvalue weighted by Crippen LogP contribution is -2.22. The summed E-state index contributed by atoms with van der Waals surface area (Å²) in [5, 5.41) is 1.74. The van der Waals surface area contributed by atoms with Crippen LogP contribution in [0.5, 0.6) is 0 Å². The smallest absolute Gasteiger partial charge is 0.266 e. The molecular weight excluding hydrogens is 358 g/mol. The third-order valence-corrected chi connectivity index (χ3v) is 5.09. The highest BCUT2D eigenvalue weighted by atomic mass is 16.1. The Kier molecular flexibility index (Phi) is 4.10. The summed E-state index contributed by atoms with van der Waals surface area (Å²) < 4.78 is 1.68. The second-order valence-corrected chi connectivity index (χ2v) is 7.09.